The molecule has 0 aliphatic heterocycles. The summed E-state index contributed by atoms with van der Waals surface area (Å²) in [6.45, 7) is 3.42. The van der Waals surface area contributed by atoms with Gasteiger partial charge in [0.25, 0.3) is 0 Å². The molecule has 126 valence electrons. The fourth-order valence-corrected chi connectivity index (χ4v) is 2.43. The molecule has 6 heteroatoms. The molecule has 0 radical (unpaired) electrons. The molecule has 2 rings (SSSR count). The summed E-state index contributed by atoms with van der Waals surface area (Å²) in [5.74, 6) is -0.821. The van der Waals surface area contributed by atoms with Gasteiger partial charge in [-0.2, -0.15) is 0 Å². The quantitative estimate of drug-likeness (QED) is 0.881. The molecule has 2 amide bonds. The van der Waals surface area contributed by atoms with E-state index in [1.807, 2.05) is 6.92 Å². The topological polar surface area (TPSA) is 49.4 Å². The minimum absolute atomic E-state index is 0.114. The van der Waals surface area contributed by atoms with Gasteiger partial charge in [0.05, 0.1) is 0 Å². The lowest BCUT2D eigenvalue weighted by atomic mass is 10.2. The van der Waals surface area contributed by atoms with Gasteiger partial charge < -0.3 is 10.2 Å². The molecule has 0 aliphatic carbocycles. The van der Waals surface area contributed by atoms with Crippen LogP contribution in [-0.2, 0) is 9.59 Å². The Balaban J connectivity index is 2.01. The van der Waals surface area contributed by atoms with Crippen molar-refractivity contribution in [2.75, 3.05) is 16.8 Å². The lowest BCUT2D eigenvalue weighted by Gasteiger charge is -2.21. The molecule has 2 aromatic carbocycles. The standard InChI is InChI=1S/C18H18ClFN2O2/c1-12-16(19)4-3-5-17(12)21-18(24)10-11-22(13(2)23)15-8-6-14(20)7-9-15/h3-9H,10-11H2,1-2H3,(H,21,24). The predicted octanol–water partition coefficient (Wildman–Crippen LogP) is 4.17. The van der Waals surface area contributed by atoms with E-state index in [-0.39, 0.29) is 30.6 Å². The Kier molecular flexibility index (Phi) is 5.93. The summed E-state index contributed by atoms with van der Waals surface area (Å²) in [5, 5.41) is 3.36. The summed E-state index contributed by atoms with van der Waals surface area (Å²) < 4.78 is 13.0. The lowest BCUT2D eigenvalue weighted by molar-refractivity contribution is -0.117. The Morgan fingerprint density at radius 2 is 1.83 bits per heavy atom. The summed E-state index contributed by atoms with van der Waals surface area (Å²) in [6.07, 6.45) is 0.114. The Bertz CT molecular complexity index is 747. The zero-order chi connectivity index (χ0) is 17.7. The maximum atomic E-state index is 13.0. The number of hydrogen-bond acceptors (Lipinski definition) is 2. The smallest absolute Gasteiger partial charge is 0.226 e. The average Bonchev–Trinajstić information content (AvgIpc) is 2.53. The third-order valence-corrected chi connectivity index (χ3v) is 4.03. The highest BCUT2D eigenvalue weighted by atomic mass is 35.5. The summed E-state index contributed by atoms with van der Waals surface area (Å²) >= 11 is 6.02. The van der Waals surface area contributed by atoms with Gasteiger partial charge in [-0.25, -0.2) is 4.39 Å². The molecule has 0 heterocycles. The van der Waals surface area contributed by atoms with Crippen LogP contribution in [0.1, 0.15) is 18.9 Å². The van der Waals surface area contributed by atoms with Gasteiger partial charge in [0.1, 0.15) is 5.82 Å². The van der Waals surface area contributed by atoms with Crippen molar-refractivity contribution in [1.82, 2.24) is 0 Å². The monoisotopic (exact) mass is 348 g/mol. The largest absolute Gasteiger partial charge is 0.326 e. The normalized spacial score (nSPS) is 10.3. The summed E-state index contributed by atoms with van der Waals surface area (Å²) in [6, 6.07) is 10.8. The fraction of sp³-hybridized carbons (Fsp3) is 0.222. The van der Waals surface area contributed by atoms with Crippen molar-refractivity contribution in [1.29, 1.82) is 0 Å². The number of halogens is 2. The highest BCUT2D eigenvalue weighted by Gasteiger charge is 2.14. The van der Waals surface area contributed by atoms with Crippen LogP contribution in [0.4, 0.5) is 15.8 Å². The molecular weight excluding hydrogens is 331 g/mol. The second-order valence-electron chi connectivity index (χ2n) is 5.36. The molecule has 0 bridgehead atoms. The van der Waals surface area contributed by atoms with Crippen molar-refractivity contribution in [2.45, 2.75) is 20.3 Å². The number of carbonyl (C=O) groups is 2. The summed E-state index contributed by atoms with van der Waals surface area (Å²) in [5.41, 5.74) is 1.98. The molecule has 0 aliphatic rings. The van der Waals surface area contributed by atoms with E-state index in [4.69, 9.17) is 11.6 Å². The van der Waals surface area contributed by atoms with Crippen LogP contribution in [0.15, 0.2) is 42.5 Å². The molecule has 0 aromatic heterocycles. The average molecular weight is 349 g/mol. The van der Waals surface area contributed by atoms with Crippen molar-refractivity contribution in [3.8, 4) is 0 Å². The molecule has 0 saturated heterocycles. The second-order valence-corrected chi connectivity index (χ2v) is 5.76. The van der Waals surface area contributed by atoms with Crippen LogP contribution in [-0.4, -0.2) is 18.4 Å². The van der Waals surface area contributed by atoms with E-state index in [1.54, 1.807) is 18.2 Å². The number of nitrogens with one attached hydrogen (secondary N) is 1. The number of anilines is 2. The van der Waals surface area contributed by atoms with Crippen LogP contribution in [0.25, 0.3) is 0 Å². The van der Waals surface area contributed by atoms with E-state index < -0.39 is 0 Å². The van der Waals surface area contributed by atoms with E-state index in [9.17, 15) is 14.0 Å². The first-order valence-corrected chi connectivity index (χ1v) is 7.85. The number of hydrogen-bond donors (Lipinski definition) is 1. The SMILES string of the molecule is CC(=O)N(CCC(=O)Nc1cccc(Cl)c1C)c1ccc(F)cc1. The molecule has 4 nitrogen and oxygen atoms in total. The van der Waals surface area contributed by atoms with Gasteiger partial charge in [-0.15, -0.1) is 0 Å². The van der Waals surface area contributed by atoms with E-state index in [1.165, 1.54) is 36.1 Å². The molecule has 0 unspecified atom stereocenters. The maximum Gasteiger partial charge on any atom is 0.226 e. The zero-order valence-corrected chi connectivity index (χ0v) is 14.2. The van der Waals surface area contributed by atoms with Crippen LogP contribution in [0.2, 0.25) is 5.02 Å². The summed E-state index contributed by atoms with van der Waals surface area (Å²) in [4.78, 5) is 25.4. The molecular formula is C18H18ClFN2O2. The van der Waals surface area contributed by atoms with Gasteiger partial charge >= 0.3 is 0 Å². The Morgan fingerprint density at radius 1 is 1.17 bits per heavy atom. The van der Waals surface area contributed by atoms with Crippen molar-refractivity contribution in [2.24, 2.45) is 0 Å². The molecule has 0 spiro atoms. The van der Waals surface area contributed by atoms with Gasteiger partial charge in [-0.1, -0.05) is 17.7 Å². The van der Waals surface area contributed by atoms with Crippen LogP contribution < -0.4 is 10.2 Å². The highest BCUT2D eigenvalue weighted by molar-refractivity contribution is 6.31. The third kappa shape index (κ3) is 4.55. The minimum atomic E-state index is -0.378. The highest BCUT2D eigenvalue weighted by Crippen LogP contribution is 2.23. The Hall–Kier alpha value is -2.40. The fourth-order valence-electron chi connectivity index (χ4n) is 2.26. The van der Waals surface area contributed by atoms with Crippen molar-refractivity contribution in [3.05, 3.63) is 58.9 Å². The minimum Gasteiger partial charge on any atom is -0.326 e. The first-order chi connectivity index (χ1) is 11.4. The molecule has 0 atom stereocenters. The molecule has 0 fully saturated rings. The van der Waals surface area contributed by atoms with Gasteiger partial charge in [0.15, 0.2) is 0 Å². The van der Waals surface area contributed by atoms with Crippen molar-refractivity contribution < 1.29 is 14.0 Å². The van der Waals surface area contributed by atoms with Crippen LogP contribution in [0, 0.1) is 12.7 Å². The number of amides is 2. The second kappa shape index (κ2) is 7.93. The molecule has 2 aromatic rings. The molecule has 1 N–H and O–H groups in total. The van der Waals surface area contributed by atoms with Gasteiger partial charge in [0, 0.05) is 36.3 Å². The lowest BCUT2D eigenvalue weighted by Crippen LogP contribution is -2.32. The summed E-state index contributed by atoms with van der Waals surface area (Å²) in [7, 11) is 0. The van der Waals surface area contributed by atoms with Crippen LogP contribution >= 0.6 is 11.6 Å². The number of carbonyl (C=O) groups excluding carboxylic acids is 2. The van der Waals surface area contributed by atoms with E-state index in [2.05, 4.69) is 5.32 Å². The zero-order valence-electron chi connectivity index (χ0n) is 13.5. The number of rotatable bonds is 5. The predicted molar refractivity (Wildman–Crippen MR) is 93.9 cm³/mol. The number of benzene rings is 2. The van der Waals surface area contributed by atoms with E-state index >= 15 is 0 Å². The first-order valence-electron chi connectivity index (χ1n) is 7.47. The van der Waals surface area contributed by atoms with E-state index in [0.29, 0.717) is 16.4 Å². The first kappa shape index (κ1) is 17.9. The molecule has 0 saturated carbocycles. The molecule has 24 heavy (non-hydrogen) atoms. The van der Waals surface area contributed by atoms with Gasteiger partial charge in [-0.05, 0) is 48.9 Å². The maximum absolute atomic E-state index is 13.0. The van der Waals surface area contributed by atoms with Gasteiger partial charge in [0.2, 0.25) is 11.8 Å². The Labute approximate surface area is 145 Å². The van der Waals surface area contributed by atoms with Gasteiger partial charge in [-0.3, -0.25) is 9.59 Å². The van der Waals surface area contributed by atoms with Crippen LogP contribution in [0.5, 0.6) is 0 Å². The van der Waals surface area contributed by atoms with Crippen molar-refractivity contribution >= 4 is 34.8 Å². The van der Waals surface area contributed by atoms with E-state index in [0.717, 1.165) is 5.56 Å². The van der Waals surface area contributed by atoms with Crippen LogP contribution in [0.3, 0.4) is 0 Å². The number of nitrogens with zero attached hydrogens (tertiary/aromatic N) is 1. The Morgan fingerprint density at radius 3 is 2.46 bits per heavy atom. The third-order valence-electron chi connectivity index (χ3n) is 3.62. The van der Waals surface area contributed by atoms with Crippen molar-refractivity contribution in [3.63, 3.8) is 0 Å².